The van der Waals surface area contributed by atoms with Crippen LogP contribution in [0.5, 0.6) is 0 Å². The molecule has 0 radical (unpaired) electrons. The van der Waals surface area contributed by atoms with Crippen molar-refractivity contribution in [1.82, 2.24) is 10.2 Å². The van der Waals surface area contributed by atoms with Crippen molar-refractivity contribution in [2.24, 2.45) is 0 Å². The lowest BCUT2D eigenvalue weighted by molar-refractivity contribution is 0.0682. The van der Waals surface area contributed by atoms with Crippen LogP contribution in [0.2, 0.25) is 0 Å². The van der Waals surface area contributed by atoms with Crippen LogP contribution in [-0.2, 0) is 0 Å². The van der Waals surface area contributed by atoms with Crippen molar-refractivity contribution < 1.29 is 9.18 Å². The molecule has 0 aromatic heterocycles. The Hall–Kier alpha value is -1.42. The molecule has 1 aromatic rings. The van der Waals surface area contributed by atoms with Crippen molar-refractivity contribution in [1.29, 1.82) is 0 Å². The molecule has 4 rings (SSSR count). The zero-order chi connectivity index (χ0) is 12.5. The van der Waals surface area contributed by atoms with Crippen molar-refractivity contribution in [2.45, 2.75) is 31.3 Å². The Morgan fingerprint density at radius 1 is 1.28 bits per heavy atom. The number of benzene rings is 1. The molecular weight excluding hydrogens is 231 g/mol. The third-order valence-corrected chi connectivity index (χ3v) is 4.01. The lowest BCUT2D eigenvalue weighted by Crippen LogP contribution is -2.46. The van der Waals surface area contributed by atoms with Gasteiger partial charge in [0.2, 0.25) is 0 Å². The summed E-state index contributed by atoms with van der Waals surface area (Å²) in [6, 6.07) is 6.99. The van der Waals surface area contributed by atoms with Gasteiger partial charge in [0, 0.05) is 25.2 Å². The predicted molar refractivity (Wildman–Crippen MR) is 66.9 cm³/mol. The summed E-state index contributed by atoms with van der Waals surface area (Å²) >= 11 is 0. The lowest BCUT2D eigenvalue weighted by Gasteiger charge is -2.31. The van der Waals surface area contributed by atoms with Gasteiger partial charge in [0.05, 0.1) is 5.56 Å². The first-order chi connectivity index (χ1) is 8.75. The number of fused-ring (bicyclic) bond motifs is 4. The molecule has 3 nitrogen and oxygen atoms in total. The van der Waals surface area contributed by atoms with Gasteiger partial charge in [0.15, 0.2) is 0 Å². The van der Waals surface area contributed by atoms with Gasteiger partial charge < -0.3 is 10.2 Å². The molecule has 2 bridgehead atoms. The number of carbonyl (C=O) groups is 1. The van der Waals surface area contributed by atoms with E-state index in [0.717, 1.165) is 32.4 Å². The van der Waals surface area contributed by atoms with Crippen LogP contribution >= 0.6 is 0 Å². The van der Waals surface area contributed by atoms with E-state index in [1.165, 1.54) is 6.07 Å². The number of nitrogens with zero attached hydrogens (tertiary/aromatic N) is 1. The average molecular weight is 248 g/mol. The molecular formula is C14H17FN2O. The minimum absolute atomic E-state index is 0.164. The van der Waals surface area contributed by atoms with Crippen LogP contribution in [0, 0.1) is 5.82 Å². The molecule has 1 aromatic carbocycles. The van der Waals surface area contributed by atoms with Gasteiger partial charge >= 0.3 is 0 Å². The second-order valence-electron chi connectivity index (χ2n) is 5.10. The quantitative estimate of drug-likeness (QED) is 0.822. The fourth-order valence-corrected chi connectivity index (χ4v) is 2.95. The maximum Gasteiger partial charge on any atom is 0.257 e. The minimum atomic E-state index is -0.422. The molecule has 1 N–H and O–H groups in total. The number of rotatable bonds is 1. The largest absolute Gasteiger partial charge is 0.334 e. The summed E-state index contributed by atoms with van der Waals surface area (Å²) in [5.74, 6) is -0.586. The second kappa shape index (κ2) is 4.69. The molecule has 3 heterocycles. The highest BCUT2D eigenvalue weighted by Crippen LogP contribution is 2.24. The van der Waals surface area contributed by atoms with E-state index >= 15 is 0 Å². The van der Waals surface area contributed by atoms with E-state index in [9.17, 15) is 9.18 Å². The molecule has 0 spiro atoms. The monoisotopic (exact) mass is 248 g/mol. The third-order valence-electron chi connectivity index (χ3n) is 4.01. The summed E-state index contributed by atoms with van der Waals surface area (Å²) in [5, 5.41) is 3.44. The maximum atomic E-state index is 13.7. The number of nitrogens with one attached hydrogen (secondary N) is 1. The Morgan fingerprint density at radius 2 is 2.11 bits per heavy atom. The standard InChI is InChI=1S/C14H17FN2O/c15-13-4-2-1-3-12(13)14(18)17-8-7-10-5-6-11(17)9-16-10/h1-4,10-11,16H,5-9H2. The van der Waals surface area contributed by atoms with Gasteiger partial charge in [0.1, 0.15) is 5.82 Å². The van der Waals surface area contributed by atoms with Crippen LogP contribution in [0.1, 0.15) is 29.6 Å². The fourth-order valence-electron chi connectivity index (χ4n) is 2.95. The molecule has 0 saturated carbocycles. The fraction of sp³-hybridized carbons (Fsp3) is 0.500. The first kappa shape index (κ1) is 11.7. The van der Waals surface area contributed by atoms with Crippen molar-refractivity contribution in [3.8, 4) is 0 Å². The van der Waals surface area contributed by atoms with Gasteiger partial charge in [-0.2, -0.15) is 0 Å². The van der Waals surface area contributed by atoms with Crippen LogP contribution in [0.4, 0.5) is 4.39 Å². The topological polar surface area (TPSA) is 32.3 Å². The van der Waals surface area contributed by atoms with Gasteiger partial charge in [-0.25, -0.2) is 4.39 Å². The highest BCUT2D eigenvalue weighted by Gasteiger charge is 2.33. The van der Waals surface area contributed by atoms with Crippen LogP contribution in [0.25, 0.3) is 0 Å². The number of hydrogen-bond acceptors (Lipinski definition) is 2. The van der Waals surface area contributed by atoms with Gasteiger partial charge in [-0.05, 0) is 31.4 Å². The summed E-state index contributed by atoms with van der Waals surface area (Å²) in [6.45, 7) is 1.57. The first-order valence-corrected chi connectivity index (χ1v) is 6.54. The van der Waals surface area contributed by atoms with Gasteiger partial charge in [0.25, 0.3) is 5.91 Å². The van der Waals surface area contributed by atoms with Crippen molar-refractivity contribution >= 4 is 5.91 Å². The number of hydrogen-bond donors (Lipinski definition) is 1. The zero-order valence-corrected chi connectivity index (χ0v) is 10.2. The molecule has 3 fully saturated rings. The normalized spacial score (nSPS) is 27.1. The zero-order valence-electron chi connectivity index (χ0n) is 10.2. The number of halogens is 1. The van der Waals surface area contributed by atoms with Crippen molar-refractivity contribution in [2.75, 3.05) is 13.1 Å². The Morgan fingerprint density at radius 3 is 2.83 bits per heavy atom. The number of piperidine rings is 1. The molecule has 4 heteroatoms. The summed E-state index contributed by atoms with van der Waals surface area (Å²) in [4.78, 5) is 14.3. The van der Waals surface area contributed by atoms with E-state index < -0.39 is 5.82 Å². The van der Waals surface area contributed by atoms with E-state index in [0.29, 0.717) is 6.04 Å². The Kier molecular flexibility index (Phi) is 3.04. The van der Waals surface area contributed by atoms with Crippen LogP contribution < -0.4 is 5.32 Å². The van der Waals surface area contributed by atoms with E-state index in [1.807, 2.05) is 4.90 Å². The summed E-state index contributed by atoms with van der Waals surface area (Å²) < 4.78 is 13.7. The molecule has 18 heavy (non-hydrogen) atoms. The summed E-state index contributed by atoms with van der Waals surface area (Å²) in [7, 11) is 0. The van der Waals surface area contributed by atoms with Crippen LogP contribution in [0.3, 0.4) is 0 Å². The van der Waals surface area contributed by atoms with E-state index in [-0.39, 0.29) is 17.5 Å². The minimum Gasteiger partial charge on any atom is -0.334 e. The Bertz CT molecular complexity index is 455. The SMILES string of the molecule is O=C(c1ccccc1F)N1CCC2CCC1CN2. The van der Waals surface area contributed by atoms with Crippen molar-refractivity contribution in [3.63, 3.8) is 0 Å². The van der Waals surface area contributed by atoms with E-state index in [2.05, 4.69) is 5.32 Å². The predicted octanol–water partition coefficient (Wildman–Crippen LogP) is 1.79. The van der Waals surface area contributed by atoms with E-state index in [4.69, 9.17) is 0 Å². The maximum absolute atomic E-state index is 13.7. The number of amides is 1. The van der Waals surface area contributed by atoms with Crippen LogP contribution in [0.15, 0.2) is 24.3 Å². The molecule has 96 valence electrons. The highest BCUT2D eigenvalue weighted by molar-refractivity contribution is 5.94. The summed E-state index contributed by atoms with van der Waals surface area (Å²) in [5.41, 5.74) is 0.197. The Balaban J connectivity index is 1.86. The molecule has 3 aliphatic heterocycles. The van der Waals surface area contributed by atoms with Crippen molar-refractivity contribution in [3.05, 3.63) is 35.6 Å². The molecule has 1 amide bonds. The second-order valence-corrected chi connectivity index (χ2v) is 5.10. The molecule has 3 aliphatic rings. The van der Waals surface area contributed by atoms with Gasteiger partial charge in [-0.3, -0.25) is 4.79 Å². The Labute approximate surface area is 106 Å². The molecule has 2 unspecified atom stereocenters. The van der Waals surface area contributed by atoms with Gasteiger partial charge in [-0.15, -0.1) is 0 Å². The smallest absolute Gasteiger partial charge is 0.257 e. The first-order valence-electron chi connectivity index (χ1n) is 6.54. The third kappa shape index (κ3) is 2.01. The highest BCUT2D eigenvalue weighted by atomic mass is 19.1. The molecule has 2 atom stereocenters. The lowest BCUT2D eigenvalue weighted by atomic mass is 10.0. The molecule has 3 saturated heterocycles. The van der Waals surface area contributed by atoms with Gasteiger partial charge in [-0.1, -0.05) is 12.1 Å². The average Bonchev–Trinajstić information content (AvgIpc) is 2.72. The molecule has 0 aliphatic carbocycles. The van der Waals surface area contributed by atoms with Crippen LogP contribution in [-0.4, -0.2) is 36.0 Å². The summed E-state index contributed by atoms with van der Waals surface area (Å²) in [6.07, 6.45) is 3.11. The van der Waals surface area contributed by atoms with E-state index in [1.54, 1.807) is 18.2 Å². The number of carbonyl (C=O) groups excluding carboxylic acids is 1.